The van der Waals surface area contributed by atoms with Crippen LogP contribution >= 0.6 is 11.3 Å². The summed E-state index contributed by atoms with van der Waals surface area (Å²) in [5.41, 5.74) is 3.90. The first-order valence-corrected chi connectivity index (χ1v) is 6.29. The highest BCUT2D eigenvalue weighted by atomic mass is 32.1. The third-order valence-electron chi connectivity index (χ3n) is 2.29. The maximum Gasteiger partial charge on any atom is 0.206 e. The van der Waals surface area contributed by atoms with Gasteiger partial charge >= 0.3 is 0 Å². The van der Waals surface area contributed by atoms with E-state index >= 15 is 0 Å². The van der Waals surface area contributed by atoms with Gasteiger partial charge in [-0.3, -0.25) is 5.43 Å². The quantitative estimate of drug-likeness (QED) is 0.325. The predicted octanol–water partition coefficient (Wildman–Crippen LogP) is 1.68. The van der Waals surface area contributed by atoms with Gasteiger partial charge in [0.25, 0.3) is 0 Å². The van der Waals surface area contributed by atoms with Gasteiger partial charge in [0.1, 0.15) is 0 Å². The van der Waals surface area contributed by atoms with Gasteiger partial charge in [0.05, 0.1) is 6.54 Å². The smallest absolute Gasteiger partial charge is 0.206 e. The Kier molecular flexibility index (Phi) is 5.28. The number of hydrazine groups is 1. The number of hydrogen-bond acceptors (Lipinski definition) is 3. The topological polar surface area (TPSA) is 62.4 Å². The van der Waals surface area contributed by atoms with Gasteiger partial charge in [0.15, 0.2) is 0 Å². The van der Waals surface area contributed by atoms with E-state index in [1.165, 1.54) is 15.3 Å². The van der Waals surface area contributed by atoms with Crippen LogP contribution in [0.3, 0.4) is 0 Å². The minimum absolute atomic E-state index is 0.658. The van der Waals surface area contributed by atoms with E-state index in [0.29, 0.717) is 12.5 Å². The van der Waals surface area contributed by atoms with Crippen LogP contribution in [0.15, 0.2) is 11.1 Å². The van der Waals surface area contributed by atoms with Gasteiger partial charge in [-0.2, -0.15) is 0 Å². The van der Waals surface area contributed by atoms with Crippen LogP contribution in [0, 0.1) is 13.8 Å². The highest BCUT2D eigenvalue weighted by molar-refractivity contribution is 7.12. The maximum absolute atomic E-state index is 5.37. The largest absolute Gasteiger partial charge is 0.355 e. The second kappa shape index (κ2) is 6.50. The Hall–Kier alpha value is -1.07. The van der Waals surface area contributed by atoms with E-state index in [1.807, 2.05) is 0 Å². The lowest BCUT2D eigenvalue weighted by atomic mass is 10.3. The van der Waals surface area contributed by atoms with Crippen molar-refractivity contribution < 1.29 is 0 Å². The standard InChI is InChI=1S/C11H20N4S/c1-4-5-13-11(15-12)14-7-10-6-8(2)9(3)16-10/h6H,4-5,7,12H2,1-3H3,(H2,13,14,15). The second-order valence-electron chi connectivity index (χ2n) is 3.69. The summed E-state index contributed by atoms with van der Waals surface area (Å²) in [5.74, 6) is 6.03. The average molecular weight is 240 g/mol. The first-order valence-electron chi connectivity index (χ1n) is 5.48. The van der Waals surface area contributed by atoms with Gasteiger partial charge in [0, 0.05) is 16.3 Å². The van der Waals surface area contributed by atoms with E-state index in [0.717, 1.165) is 13.0 Å². The SMILES string of the molecule is CCCNC(=NCc1cc(C)c(C)s1)NN. The van der Waals surface area contributed by atoms with Crippen molar-refractivity contribution in [3.63, 3.8) is 0 Å². The monoisotopic (exact) mass is 240 g/mol. The summed E-state index contributed by atoms with van der Waals surface area (Å²) in [4.78, 5) is 7.00. The third-order valence-corrected chi connectivity index (χ3v) is 3.43. The Morgan fingerprint density at radius 2 is 2.25 bits per heavy atom. The molecule has 90 valence electrons. The fraction of sp³-hybridized carbons (Fsp3) is 0.545. The van der Waals surface area contributed by atoms with Crippen LogP contribution in [-0.2, 0) is 6.54 Å². The van der Waals surface area contributed by atoms with Crippen molar-refractivity contribution in [3.8, 4) is 0 Å². The second-order valence-corrected chi connectivity index (χ2v) is 5.03. The summed E-state index contributed by atoms with van der Waals surface area (Å²) in [7, 11) is 0. The van der Waals surface area contributed by atoms with E-state index in [4.69, 9.17) is 5.84 Å². The molecule has 0 unspecified atom stereocenters. The van der Waals surface area contributed by atoms with Crippen molar-refractivity contribution in [1.82, 2.24) is 10.7 Å². The number of guanidine groups is 1. The van der Waals surface area contributed by atoms with Gasteiger partial charge in [-0.25, -0.2) is 10.8 Å². The highest BCUT2D eigenvalue weighted by Crippen LogP contribution is 2.20. The normalized spacial score (nSPS) is 11.6. The van der Waals surface area contributed by atoms with Crippen molar-refractivity contribution in [2.24, 2.45) is 10.8 Å². The number of rotatable bonds is 4. The van der Waals surface area contributed by atoms with Crippen LogP contribution < -0.4 is 16.6 Å². The van der Waals surface area contributed by atoms with Crippen LogP contribution in [0.25, 0.3) is 0 Å². The van der Waals surface area contributed by atoms with Crippen LogP contribution in [0.1, 0.15) is 28.7 Å². The molecule has 4 N–H and O–H groups in total. The van der Waals surface area contributed by atoms with Gasteiger partial charge in [-0.15, -0.1) is 11.3 Å². The Morgan fingerprint density at radius 3 is 2.75 bits per heavy atom. The van der Waals surface area contributed by atoms with Crippen molar-refractivity contribution in [1.29, 1.82) is 0 Å². The van der Waals surface area contributed by atoms with Crippen LogP contribution in [0.2, 0.25) is 0 Å². The molecule has 1 aromatic heterocycles. The summed E-state index contributed by atoms with van der Waals surface area (Å²) in [6, 6.07) is 2.18. The summed E-state index contributed by atoms with van der Waals surface area (Å²) >= 11 is 1.79. The lowest BCUT2D eigenvalue weighted by Gasteiger charge is -2.06. The number of nitrogens with zero attached hydrogens (tertiary/aromatic N) is 1. The van der Waals surface area contributed by atoms with Gasteiger partial charge in [-0.1, -0.05) is 6.92 Å². The molecule has 1 aromatic rings. The first kappa shape index (κ1) is 13.0. The summed E-state index contributed by atoms with van der Waals surface area (Å²) in [6.07, 6.45) is 1.05. The number of hydrogen-bond donors (Lipinski definition) is 3. The highest BCUT2D eigenvalue weighted by Gasteiger charge is 2.01. The van der Waals surface area contributed by atoms with E-state index in [-0.39, 0.29) is 0 Å². The average Bonchev–Trinajstić information content (AvgIpc) is 2.59. The predicted molar refractivity (Wildman–Crippen MR) is 70.5 cm³/mol. The van der Waals surface area contributed by atoms with E-state index in [2.05, 4.69) is 42.6 Å². The lowest BCUT2D eigenvalue weighted by molar-refractivity contribution is 0.791. The summed E-state index contributed by atoms with van der Waals surface area (Å²) in [6.45, 7) is 7.91. The van der Waals surface area contributed by atoms with Crippen LogP contribution in [0.5, 0.6) is 0 Å². The Labute approximate surface area is 101 Å². The number of nitrogens with two attached hydrogens (primary N) is 1. The van der Waals surface area contributed by atoms with E-state index in [9.17, 15) is 0 Å². The van der Waals surface area contributed by atoms with Crippen molar-refractivity contribution in [3.05, 3.63) is 21.4 Å². The fourth-order valence-electron chi connectivity index (χ4n) is 1.28. The first-order chi connectivity index (χ1) is 7.67. The molecule has 0 amide bonds. The van der Waals surface area contributed by atoms with Crippen LogP contribution in [-0.4, -0.2) is 12.5 Å². The van der Waals surface area contributed by atoms with E-state index in [1.54, 1.807) is 11.3 Å². The third kappa shape index (κ3) is 3.83. The molecule has 0 fully saturated rings. The molecule has 4 nitrogen and oxygen atoms in total. The molecule has 0 aromatic carbocycles. The zero-order valence-electron chi connectivity index (χ0n) is 10.1. The maximum atomic E-state index is 5.37. The zero-order chi connectivity index (χ0) is 12.0. The lowest BCUT2D eigenvalue weighted by Crippen LogP contribution is -2.41. The van der Waals surface area contributed by atoms with Crippen molar-refractivity contribution >= 4 is 17.3 Å². The number of thiophene rings is 1. The van der Waals surface area contributed by atoms with Gasteiger partial charge in [-0.05, 0) is 31.9 Å². The molecular formula is C11H20N4S. The molecule has 0 aliphatic carbocycles. The number of nitrogens with one attached hydrogen (secondary N) is 2. The van der Waals surface area contributed by atoms with Gasteiger partial charge < -0.3 is 5.32 Å². The Bertz CT molecular complexity index is 337. The number of aryl methyl sites for hydroxylation is 2. The Morgan fingerprint density at radius 1 is 1.50 bits per heavy atom. The zero-order valence-corrected chi connectivity index (χ0v) is 10.9. The molecule has 0 atom stereocenters. The molecule has 0 aliphatic heterocycles. The molecule has 5 heteroatoms. The molecule has 0 saturated heterocycles. The van der Waals surface area contributed by atoms with Crippen molar-refractivity contribution in [2.75, 3.05) is 6.54 Å². The molecule has 0 radical (unpaired) electrons. The van der Waals surface area contributed by atoms with Gasteiger partial charge in [0.2, 0.25) is 5.96 Å². The number of aliphatic imine (C=N–C) groups is 1. The molecule has 1 heterocycles. The molecule has 0 saturated carbocycles. The summed E-state index contributed by atoms with van der Waals surface area (Å²) < 4.78 is 0. The Balaban J connectivity index is 2.55. The summed E-state index contributed by atoms with van der Waals surface area (Å²) in [5, 5.41) is 3.13. The fourth-order valence-corrected chi connectivity index (χ4v) is 2.26. The van der Waals surface area contributed by atoms with Crippen LogP contribution in [0.4, 0.5) is 0 Å². The molecule has 0 bridgehead atoms. The molecule has 0 aliphatic rings. The molecular weight excluding hydrogens is 220 g/mol. The molecule has 16 heavy (non-hydrogen) atoms. The minimum Gasteiger partial charge on any atom is -0.355 e. The molecule has 1 rings (SSSR count). The van der Waals surface area contributed by atoms with E-state index < -0.39 is 0 Å². The van der Waals surface area contributed by atoms with Crippen molar-refractivity contribution in [2.45, 2.75) is 33.7 Å². The molecule has 0 spiro atoms. The minimum atomic E-state index is 0.658.